The third kappa shape index (κ3) is 3.51. The van der Waals surface area contributed by atoms with Crippen LogP contribution < -0.4 is 0 Å². The fourth-order valence-electron chi connectivity index (χ4n) is 0.410. The van der Waals surface area contributed by atoms with Crippen molar-refractivity contribution in [3.63, 3.8) is 0 Å². The van der Waals surface area contributed by atoms with E-state index >= 15 is 0 Å². The average Bonchev–Trinajstić information content (AvgIpc) is 1.87. The number of ether oxygens (including phenoxy) is 1. The minimum absolute atomic E-state index is 0.252. The molecule has 10 heavy (non-hydrogen) atoms. The lowest BCUT2D eigenvalue weighted by Crippen LogP contribution is -2.00. The van der Waals surface area contributed by atoms with Crippen molar-refractivity contribution in [1.29, 1.82) is 0 Å². The van der Waals surface area contributed by atoms with Gasteiger partial charge in [-0.05, 0) is 19.4 Å². The number of rotatable bonds is 2. The largest absolute Gasteiger partial charge is 0.469 e. The molecule has 0 unspecified atom stereocenters. The van der Waals surface area contributed by atoms with Gasteiger partial charge < -0.3 is 4.74 Å². The van der Waals surface area contributed by atoms with Crippen molar-refractivity contribution in [1.82, 2.24) is 0 Å². The first kappa shape index (κ1) is 9.50. The van der Waals surface area contributed by atoms with Gasteiger partial charge in [0, 0.05) is 5.03 Å². The van der Waals surface area contributed by atoms with E-state index in [0.29, 0.717) is 5.03 Å². The normalized spacial score (nSPS) is 12.4. The molecule has 0 bridgehead atoms. The molecule has 0 spiro atoms. The fourth-order valence-corrected chi connectivity index (χ4v) is 0.477. The lowest BCUT2D eigenvalue weighted by molar-refractivity contribution is -0.139. The lowest BCUT2D eigenvalue weighted by Gasteiger charge is -1.99. The molecular formula is C7H11ClO2. The molecule has 0 aliphatic rings. The molecular weight excluding hydrogens is 152 g/mol. The summed E-state index contributed by atoms with van der Waals surface area (Å²) < 4.78 is 4.44. The molecule has 0 aromatic heterocycles. The summed E-state index contributed by atoms with van der Waals surface area (Å²) >= 11 is 5.60. The zero-order chi connectivity index (χ0) is 8.15. The number of hydrogen-bond acceptors (Lipinski definition) is 2. The minimum Gasteiger partial charge on any atom is -0.469 e. The minimum atomic E-state index is -0.252. The molecule has 0 heterocycles. The molecule has 0 saturated carbocycles. The van der Waals surface area contributed by atoms with Crippen LogP contribution in [0.15, 0.2) is 10.6 Å². The standard InChI is InChI=1S/C7H11ClO2/c1-5(6(2)8)4-7(9)10-3/h4H2,1-3H3/b6-5-. The van der Waals surface area contributed by atoms with Crippen molar-refractivity contribution in [3.05, 3.63) is 10.6 Å². The van der Waals surface area contributed by atoms with Crippen molar-refractivity contribution in [3.8, 4) is 0 Å². The maximum Gasteiger partial charge on any atom is 0.309 e. The summed E-state index contributed by atoms with van der Waals surface area (Å²) in [5.74, 6) is -0.252. The second-order valence-corrected chi connectivity index (χ2v) is 2.63. The van der Waals surface area contributed by atoms with Gasteiger partial charge in [0.1, 0.15) is 0 Å². The lowest BCUT2D eigenvalue weighted by atomic mass is 10.2. The Morgan fingerprint density at radius 3 is 2.30 bits per heavy atom. The summed E-state index contributed by atoms with van der Waals surface area (Å²) in [6.07, 6.45) is 0.284. The molecule has 0 saturated heterocycles. The van der Waals surface area contributed by atoms with E-state index in [1.165, 1.54) is 7.11 Å². The van der Waals surface area contributed by atoms with Crippen LogP contribution in [0.5, 0.6) is 0 Å². The number of allylic oxidation sites excluding steroid dienone is 1. The molecule has 0 amide bonds. The number of esters is 1. The summed E-state index contributed by atoms with van der Waals surface area (Å²) in [5, 5.41) is 0.658. The number of carbonyl (C=O) groups is 1. The SMILES string of the molecule is COC(=O)C/C(C)=C(/C)Cl. The van der Waals surface area contributed by atoms with Crippen molar-refractivity contribution < 1.29 is 9.53 Å². The molecule has 0 rings (SSSR count). The van der Waals surface area contributed by atoms with Gasteiger partial charge in [-0.2, -0.15) is 0 Å². The smallest absolute Gasteiger partial charge is 0.309 e. The second kappa shape index (κ2) is 4.34. The van der Waals surface area contributed by atoms with E-state index in [4.69, 9.17) is 11.6 Å². The predicted molar refractivity (Wildman–Crippen MR) is 40.9 cm³/mol. The maximum atomic E-state index is 10.6. The van der Waals surface area contributed by atoms with Gasteiger partial charge in [-0.25, -0.2) is 0 Å². The van der Waals surface area contributed by atoms with E-state index in [9.17, 15) is 4.79 Å². The highest BCUT2D eigenvalue weighted by molar-refractivity contribution is 6.29. The van der Waals surface area contributed by atoms with Gasteiger partial charge in [0.25, 0.3) is 0 Å². The molecule has 2 nitrogen and oxygen atoms in total. The molecule has 0 aromatic rings. The quantitative estimate of drug-likeness (QED) is 0.582. The van der Waals surface area contributed by atoms with Gasteiger partial charge >= 0.3 is 5.97 Å². The fraction of sp³-hybridized carbons (Fsp3) is 0.571. The number of hydrogen-bond donors (Lipinski definition) is 0. The van der Waals surface area contributed by atoms with Gasteiger partial charge in [0.05, 0.1) is 13.5 Å². The van der Waals surface area contributed by atoms with E-state index in [1.54, 1.807) is 13.8 Å². The van der Waals surface area contributed by atoms with Gasteiger partial charge in [0.15, 0.2) is 0 Å². The summed E-state index contributed by atoms with van der Waals surface area (Å²) in [5.41, 5.74) is 0.855. The Hall–Kier alpha value is -0.500. The number of methoxy groups -OCH3 is 1. The molecule has 3 heteroatoms. The molecule has 0 fully saturated rings. The maximum absolute atomic E-state index is 10.6. The highest BCUT2D eigenvalue weighted by Crippen LogP contribution is 2.11. The Balaban J connectivity index is 3.92. The Morgan fingerprint density at radius 1 is 1.50 bits per heavy atom. The van der Waals surface area contributed by atoms with Crippen molar-refractivity contribution >= 4 is 17.6 Å². The average molecular weight is 163 g/mol. The molecule has 0 atom stereocenters. The third-order valence-corrected chi connectivity index (χ3v) is 1.55. The molecule has 58 valence electrons. The summed E-state index contributed by atoms with van der Waals surface area (Å²) in [6.45, 7) is 3.55. The Kier molecular flexibility index (Phi) is 4.12. The van der Waals surface area contributed by atoms with Crippen LogP contribution in [0, 0.1) is 0 Å². The van der Waals surface area contributed by atoms with Crippen molar-refractivity contribution in [2.75, 3.05) is 7.11 Å². The molecule has 0 aliphatic carbocycles. The molecule has 0 radical (unpaired) electrons. The first-order valence-corrected chi connectivity index (χ1v) is 3.34. The van der Waals surface area contributed by atoms with E-state index < -0.39 is 0 Å². The Morgan fingerprint density at radius 2 is 2.00 bits per heavy atom. The first-order valence-electron chi connectivity index (χ1n) is 2.96. The predicted octanol–water partition coefficient (Wildman–Crippen LogP) is 2.08. The van der Waals surface area contributed by atoms with Crippen LogP contribution in [0.25, 0.3) is 0 Å². The van der Waals surface area contributed by atoms with Crippen LogP contribution in [0.4, 0.5) is 0 Å². The van der Waals surface area contributed by atoms with E-state index in [0.717, 1.165) is 5.57 Å². The van der Waals surface area contributed by atoms with E-state index in [2.05, 4.69) is 4.74 Å². The van der Waals surface area contributed by atoms with Crippen LogP contribution in [0.1, 0.15) is 20.3 Å². The van der Waals surface area contributed by atoms with Gasteiger partial charge in [-0.15, -0.1) is 0 Å². The van der Waals surface area contributed by atoms with Crippen LogP contribution >= 0.6 is 11.6 Å². The summed E-state index contributed by atoms with van der Waals surface area (Å²) in [6, 6.07) is 0. The number of halogens is 1. The van der Waals surface area contributed by atoms with Crippen molar-refractivity contribution in [2.45, 2.75) is 20.3 Å². The van der Waals surface area contributed by atoms with Gasteiger partial charge in [-0.3, -0.25) is 4.79 Å². The summed E-state index contributed by atoms with van der Waals surface area (Å²) in [7, 11) is 1.36. The zero-order valence-electron chi connectivity index (χ0n) is 6.40. The second-order valence-electron chi connectivity index (χ2n) is 2.07. The van der Waals surface area contributed by atoms with Gasteiger partial charge in [0.2, 0.25) is 0 Å². The van der Waals surface area contributed by atoms with E-state index in [-0.39, 0.29) is 12.4 Å². The van der Waals surface area contributed by atoms with E-state index in [1.807, 2.05) is 0 Å². The molecule has 0 N–H and O–H groups in total. The highest BCUT2D eigenvalue weighted by Gasteiger charge is 2.02. The molecule has 0 aliphatic heterocycles. The summed E-state index contributed by atoms with van der Waals surface area (Å²) in [4.78, 5) is 10.6. The first-order chi connectivity index (χ1) is 4.57. The topological polar surface area (TPSA) is 26.3 Å². The zero-order valence-corrected chi connectivity index (χ0v) is 7.16. The number of carbonyl (C=O) groups excluding carboxylic acids is 1. The van der Waals surface area contributed by atoms with Crippen LogP contribution in [0.3, 0.4) is 0 Å². The third-order valence-electron chi connectivity index (χ3n) is 1.23. The van der Waals surface area contributed by atoms with Crippen molar-refractivity contribution in [2.24, 2.45) is 0 Å². The van der Waals surface area contributed by atoms with Crippen LogP contribution in [0.2, 0.25) is 0 Å². The highest BCUT2D eigenvalue weighted by atomic mass is 35.5. The monoisotopic (exact) mass is 162 g/mol. The van der Waals surface area contributed by atoms with Crippen LogP contribution in [-0.2, 0) is 9.53 Å². The Bertz CT molecular complexity index is 157. The Labute approximate surface area is 65.8 Å². The van der Waals surface area contributed by atoms with Gasteiger partial charge in [-0.1, -0.05) is 11.6 Å². The molecule has 0 aromatic carbocycles. The van der Waals surface area contributed by atoms with Crippen LogP contribution in [-0.4, -0.2) is 13.1 Å².